The maximum atomic E-state index is 14.1. The standard InChI is InChI=1S/C19H23F2IN4O/c1-17(2,21)16-25-15(26-27-16)19-6-3-18(4-7-19,5-8-19)11-24-14-9-13(22)12(20)10-23-14/h9-10H,3-8,11H2,1-2H3,(H,23,24). The molecule has 0 amide bonds. The number of anilines is 1. The summed E-state index contributed by atoms with van der Waals surface area (Å²) in [5.41, 5.74) is -1.48. The lowest BCUT2D eigenvalue weighted by Crippen LogP contribution is -2.47. The fraction of sp³-hybridized carbons (Fsp3) is 0.632. The van der Waals surface area contributed by atoms with Crippen LogP contribution >= 0.6 is 22.6 Å². The summed E-state index contributed by atoms with van der Waals surface area (Å²) in [7, 11) is 0. The summed E-state index contributed by atoms with van der Waals surface area (Å²) >= 11 is 1.98. The molecule has 3 aliphatic rings. The van der Waals surface area contributed by atoms with Crippen molar-refractivity contribution in [2.75, 3.05) is 11.9 Å². The van der Waals surface area contributed by atoms with E-state index in [-0.39, 0.29) is 22.5 Å². The molecule has 0 atom stereocenters. The van der Waals surface area contributed by atoms with Crippen LogP contribution in [-0.2, 0) is 11.1 Å². The third kappa shape index (κ3) is 3.56. The molecule has 8 heteroatoms. The normalized spacial score (nSPS) is 27.7. The fourth-order valence-electron chi connectivity index (χ4n) is 4.33. The van der Waals surface area contributed by atoms with Crippen molar-refractivity contribution < 1.29 is 13.3 Å². The van der Waals surface area contributed by atoms with Crippen molar-refractivity contribution >= 4 is 28.4 Å². The summed E-state index contributed by atoms with van der Waals surface area (Å²) in [6, 6.07) is 1.74. The maximum absolute atomic E-state index is 14.1. The van der Waals surface area contributed by atoms with Crippen LogP contribution in [0.15, 0.2) is 16.8 Å². The highest BCUT2D eigenvalue weighted by atomic mass is 127. The molecule has 3 saturated carbocycles. The number of aromatic nitrogens is 3. The molecule has 0 radical (unpaired) electrons. The Labute approximate surface area is 170 Å². The van der Waals surface area contributed by atoms with E-state index in [4.69, 9.17) is 4.52 Å². The van der Waals surface area contributed by atoms with Crippen LogP contribution in [0.2, 0.25) is 0 Å². The number of fused-ring (bicyclic) bond motifs is 3. The first-order valence-electron chi connectivity index (χ1n) is 9.30. The quantitative estimate of drug-likeness (QED) is 0.593. The fourth-order valence-corrected chi connectivity index (χ4v) is 4.77. The largest absolute Gasteiger partial charge is 0.369 e. The second kappa shape index (κ2) is 6.63. The number of hydrogen-bond acceptors (Lipinski definition) is 5. The lowest BCUT2D eigenvalue weighted by molar-refractivity contribution is 0.0444. The second-order valence-corrected chi connectivity index (χ2v) is 9.68. The Morgan fingerprint density at radius 3 is 2.44 bits per heavy atom. The zero-order valence-electron chi connectivity index (χ0n) is 15.5. The number of pyridine rings is 1. The minimum atomic E-state index is -1.61. The van der Waals surface area contributed by atoms with Gasteiger partial charge in [-0.05, 0) is 86.4 Å². The molecule has 3 fully saturated rings. The Bertz CT molecular complexity index is 824. The topological polar surface area (TPSA) is 63.8 Å². The van der Waals surface area contributed by atoms with Gasteiger partial charge in [-0.25, -0.2) is 13.8 Å². The Morgan fingerprint density at radius 2 is 1.89 bits per heavy atom. The first-order chi connectivity index (χ1) is 12.7. The van der Waals surface area contributed by atoms with Crippen molar-refractivity contribution in [3.05, 3.63) is 33.4 Å². The SMILES string of the molecule is CC(C)(F)c1nc(C23CCC(CNc4cc(I)c(F)cn4)(CC2)CC3)no1. The van der Waals surface area contributed by atoms with E-state index in [1.807, 2.05) is 22.6 Å². The Balaban J connectivity index is 1.43. The molecule has 146 valence electrons. The van der Waals surface area contributed by atoms with Gasteiger partial charge in [-0.3, -0.25) is 0 Å². The Kier molecular flexibility index (Phi) is 4.67. The van der Waals surface area contributed by atoms with Crippen LogP contribution in [0.4, 0.5) is 14.6 Å². The summed E-state index contributed by atoms with van der Waals surface area (Å²) in [6.07, 6.45) is 7.37. The van der Waals surface area contributed by atoms with Crippen LogP contribution in [0.1, 0.15) is 64.1 Å². The van der Waals surface area contributed by atoms with Crippen LogP contribution in [0.5, 0.6) is 0 Å². The third-order valence-corrected chi connectivity index (χ3v) is 7.09. The Morgan fingerprint density at radius 1 is 1.22 bits per heavy atom. The van der Waals surface area contributed by atoms with E-state index in [0.29, 0.717) is 15.2 Å². The molecule has 5 rings (SSSR count). The third-order valence-electron chi connectivity index (χ3n) is 6.26. The van der Waals surface area contributed by atoms with Gasteiger partial charge in [-0.2, -0.15) is 4.98 Å². The minimum absolute atomic E-state index is 0.0629. The van der Waals surface area contributed by atoms with Crippen LogP contribution in [-0.4, -0.2) is 21.7 Å². The second-order valence-electron chi connectivity index (χ2n) is 8.51. The predicted molar refractivity (Wildman–Crippen MR) is 106 cm³/mol. The number of nitrogens with zero attached hydrogens (tertiary/aromatic N) is 3. The molecule has 27 heavy (non-hydrogen) atoms. The van der Waals surface area contributed by atoms with Gasteiger partial charge in [-0.1, -0.05) is 5.16 Å². The van der Waals surface area contributed by atoms with E-state index in [2.05, 4.69) is 20.4 Å². The summed E-state index contributed by atoms with van der Waals surface area (Å²) < 4.78 is 33.2. The molecular formula is C19H23F2IN4O. The molecule has 2 bridgehead atoms. The van der Waals surface area contributed by atoms with Crippen LogP contribution in [0.3, 0.4) is 0 Å². The predicted octanol–water partition coefficient (Wildman–Crippen LogP) is 5.12. The minimum Gasteiger partial charge on any atom is -0.369 e. The molecule has 3 aliphatic carbocycles. The van der Waals surface area contributed by atoms with E-state index < -0.39 is 5.67 Å². The van der Waals surface area contributed by atoms with E-state index in [1.54, 1.807) is 6.07 Å². The van der Waals surface area contributed by atoms with Crippen molar-refractivity contribution in [1.29, 1.82) is 0 Å². The van der Waals surface area contributed by atoms with Gasteiger partial charge < -0.3 is 9.84 Å². The van der Waals surface area contributed by atoms with Gasteiger partial charge in [0.1, 0.15) is 5.82 Å². The van der Waals surface area contributed by atoms with E-state index in [0.717, 1.165) is 45.1 Å². The van der Waals surface area contributed by atoms with Gasteiger partial charge in [-0.15, -0.1) is 0 Å². The molecular weight excluding hydrogens is 465 g/mol. The van der Waals surface area contributed by atoms with Crippen molar-refractivity contribution in [3.8, 4) is 0 Å². The molecule has 2 aromatic heterocycles. The van der Waals surface area contributed by atoms with Crippen LogP contribution in [0, 0.1) is 14.8 Å². The van der Waals surface area contributed by atoms with Gasteiger partial charge in [0.25, 0.3) is 5.89 Å². The number of hydrogen-bond donors (Lipinski definition) is 1. The molecule has 1 N–H and O–H groups in total. The van der Waals surface area contributed by atoms with Gasteiger partial charge in [0.05, 0.1) is 9.77 Å². The number of alkyl halides is 1. The van der Waals surface area contributed by atoms with E-state index in [1.165, 1.54) is 20.0 Å². The number of nitrogens with one attached hydrogen (secondary N) is 1. The maximum Gasteiger partial charge on any atom is 0.263 e. The van der Waals surface area contributed by atoms with Gasteiger partial charge in [0.2, 0.25) is 0 Å². The highest BCUT2D eigenvalue weighted by Gasteiger charge is 2.51. The average Bonchev–Trinajstić information content (AvgIpc) is 3.16. The summed E-state index contributed by atoms with van der Waals surface area (Å²) in [6.45, 7) is 3.70. The van der Waals surface area contributed by atoms with E-state index >= 15 is 0 Å². The zero-order valence-corrected chi connectivity index (χ0v) is 17.6. The first-order valence-corrected chi connectivity index (χ1v) is 10.4. The lowest BCUT2D eigenvalue weighted by atomic mass is 9.53. The molecule has 0 aromatic carbocycles. The van der Waals surface area contributed by atoms with Gasteiger partial charge >= 0.3 is 0 Å². The Hall–Kier alpha value is -1.32. The van der Waals surface area contributed by atoms with Crippen molar-refractivity contribution in [3.63, 3.8) is 0 Å². The highest BCUT2D eigenvalue weighted by Crippen LogP contribution is 2.57. The molecule has 0 spiro atoms. The van der Waals surface area contributed by atoms with Gasteiger partial charge in [0, 0.05) is 12.0 Å². The van der Waals surface area contributed by atoms with Crippen molar-refractivity contribution in [2.24, 2.45) is 5.41 Å². The molecule has 5 nitrogen and oxygen atoms in total. The summed E-state index contributed by atoms with van der Waals surface area (Å²) in [4.78, 5) is 8.52. The molecule has 2 aromatic rings. The first kappa shape index (κ1) is 19.0. The molecule has 0 unspecified atom stereocenters. The number of rotatable bonds is 5. The average molecular weight is 488 g/mol. The molecule has 0 aliphatic heterocycles. The summed E-state index contributed by atoms with van der Waals surface area (Å²) in [5.74, 6) is 1.15. The number of halogens is 3. The van der Waals surface area contributed by atoms with Crippen molar-refractivity contribution in [2.45, 2.75) is 63.5 Å². The van der Waals surface area contributed by atoms with E-state index in [9.17, 15) is 8.78 Å². The molecule has 2 heterocycles. The summed E-state index contributed by atoms with van der Waals surface area (Å²) in [5, 5.41) is 7.51. The monoisotopic (exact) mass is 488 g/mol. The van der Waals surface area contributed by atoms with Crippen LogP contribution in [0.25, 0.3) is 0 Å². The van der Waals surface area contributed by atoms with Gasteiger partial charge in [0.15, 0.2) is 17.3 Å². The van der Waals surface area contributed by atoms with Crippen molar-refractivity contribution in [1.82, 2.24) is 15.1 Å². The zero-order chi connectivity index (χ0) is 19.3. The smallest absolute Gasteiger partial charge is 0.263 e. The van der Waals surface area contributed by atoms with Crippen LogP contribution < -0.4 is 5.32 Å². The molecule has 0 saturated heterocycles. The lowest BCUT2D eigenvalue weighted by Gasteiger charge is -2.52. The highest BCUT2D eigenvalue weighted by molar-refractivity contribution is 14.1.